The van der Waals surface area contributed by atoms with Crippen molar-refractivity contribution in [2.45, 2.75) is 13.0 Å². The van der Waals surface area contributed by atoms with E-state index in [1.165, 1.54) is 14.2 Å². The fourth-order valence-electron chi connectivity index (χ4n) is 2.59. The molecule has 1 unspecified atom stereocenters. The molecule has 0 spiro atoms. The monoisotopic (exact) mass is 312 g/mol. The SMILES string of the molecule is COc1ccc(C2Oc3ccc(C)cc3C(=O)C2=O)cc1OC. The van der Waals surface area contributed by atoms with Crippen molar-refractivity contribution < 1.29 is 23.8 Å². The van der Waals surface area contributed by atoms with Gasteiger partial charge < -0.3 is 14.2 Å². The zero-order chi connectivity index (χ0) is 16.6. The van der Waals surface area contributed by atoms with Gasteiger partial charge >= 0.3 is 0 Å². The van der Waals surface area contributed by atoms with Crippen LogP contribution in [0.25, 0.3) is 0 Å². The molecule has 0 radical (unpaired) electrons. The minimum atomic E-state index is -0.975. The van der Waals surface area contributed by atoms with Crippen LogP contribution in [0.3, 0.4) is 0 Å². The van der Waals surface area contributed by atoms with E-state index in [4.69, 9.17) is 14.2 Å². The van der Waals surface area contributed by atoms with Crippen LogP contribution in [0.1, 0.15) is 27.6 Å². The molecule has 0 saturated carbocycles. The molecule has 0 saturated heterocycles. The molecule has 5 heteroatoms. The van der Waals surface area contributed by atoms with E-state index in [2.05, 4.69) is 0 Å². The highest BCUT2D eigenvalue weighted by atomic mass is 16.5. The van der Waals surface area contributed by atoms with Crippen molar-refractivity contribution >= 4 is 11.6 Å². The Morgan fingerprint density at radius 3 is 2.39 bits per heavy atom. The van der Waals surface area contributed by atoms with Crippen molar-refractivity contribution in [2.75, 3.05) is 14.2 Å². The molecule has 0 aromatic heterocycles. The predicted molar refractivity (Wildman–Crippen MR) is 83.4 cm³/mol. The average Bonchev–Trinajstić information content (AvgIpc) is 2.58. The van der Waals surface area contributed by atoms with E-state index in [0.717, 1.165) is 5.56 Å². The van der Waals surface area contributed by atoms with Gasteiger partial charge in [0.1, 0.15) is 5.75 Å². The number of aryl methyl sites for hydroxylation is 1. The van der Waals surface area contributed by atoms with Gasteiger partial charge in [-0.2, -0.15) is 0 Å². The second-order valence-electron chi connectivity index (χ2n) is 5.31. The maximum atomic E-state index is 12.4. The maximum absolute atomic E-state index is 12.4. The number of benzene rings is 2. The highest BCUT2D eigenvalue weighted by Gasteiger charge is 2.36. The molecule has 2 aromatic carbocycles. The van der Waals surface area contributed by atoms with Gasteiger partial charge in [-0.3, -0.25) is 9.59 Å². The van der Waals surface area contributed by atoms with Crippen molar-refractivity contribution in [3.8, 4) is 17.2 Å². The Kier molecular flexibility index (Phi) is 3.78. The lowest BCUT2D eigenvalue weighted by atomic mass is 9.94. The number of hydrogen-bond donors (Lipinski definition) is 0. The lowest BCUT2D eigenvalue weighted by molar-refractivity contribution is -0.122. The number of carbonyl (C=O) groups excluding carboxylic acids is 2. The predicted octanol–water partition coefficient (Wildman–Crippen LogP) is 2.90. The second-order valence-corrected chi connectivity index (χ2v) is 5.31. The highest BCUT2D eigenvalue weighted by molar-refractivity contribution is 6.46. The molecule has 0 bridgehead atoms. The van der Waals surface area contributed by atoms with Crippen molar-refractivity contribution in [3.63, 3.8) is 0 Å². The third-order valence-corrected chi connectivity index (χ3v) is 3.80. The van der Waals surface area contributed by atoms with E-state index in [9.17, 15) is 9.59 Å². The molecule has 0 fully saturated rings. The standard InChI is InChI=1S/C18H16O5/c1-10-4-6-13-12(8-10)16(19)17(20)18(23-13)11-5-7-14(21-2)15(9-11)22-3/h4-9,18H,1-3H3. The summed E-state index contributed by atoms with van der Waals surface area (Å²) >= 11 is 0. The maximum Gasteiger partial charge on any atom is 0.248 e. The van der Waals surface area contributed by atoms with Gasteiger partial charge in [0.15, 0.2) is 17.6 Å². The number of methoxy groups -OCH3 is 2. The van der Waals surface area contributed by atoms with Crippen LogP contribution in [0, 0.1) is 6.92 Å². The zero-order valence-electron chi connectivity index (χ0n) is 13.1. The Bertz CT molecular complexity index is 794. The van der Waals surface area contributed by atoms with Crippen molar-refractivity contribution in [3.05, 3.63) is 53.1 Å². The Labute approximate surface area is 133 Å². The van der Waals surface area contributed by atoms with E-state index in [1.54, 1.807) is 30.3 Å². The van der Waals surface area contributed by atoms with E-state index < -0.39 is 17.7 Å². The Morgan fingerprint density at radius 2 is 1.70 bits per heavy atom. The summed E-state index contributed by atoms with van der Waals surface area (Å²) in [5, 5.41) is 0. The van der Waals surface area contributed by atoms with Crippen LogP contribution in [-0.4, -0.2) is 25.8 Å². The lowest BCUT2D eigenvalue weighted by Gasteiger charge is -2.25. The van der Waals surface area contributed by atoms with Crippen LogP contribution in [0.5, 0.6) is 17.2 Å². The summed E-state index contributed by atoms with van der Waals surface area (Å²) in [6.07, 6.45) is -0.975. The summed E-state index contributed by atoms with van der Waals surface area (Å²) in [5.41, 5.74) is 1.76. The quantitative estimate of drug-likeness (QED) is 0.816. The van der Waals surface area contributed by atoms with Gasteiger partial charge in [0.2, 0.25) is 11.6 Å². The third-order valence-electron chi connectivity index (χ3n) is 3.80. The molecule has 1 heterocycles. The molecule has 0 aliphatic carbocycles. The van der Waals surface area contributed by atoms with Crippen molar-refractivity contribution in [2.24, 2.45) is 0 Å². The molecule has 1 aliphatic heterocycles. The Morgan fingerprint density at radius 1 is 0.957 bits per heavy atom. The molecule has 23 heavy (non-hydrogen) atoms. The molecule has 0 N–H and O–H groups in total. The normalized spacial score (nSPS) is 16.6. The van der Waals surface area contributed by atoms with Gasteiger partial charge in [-0.05, 0) is 31.2 Å². The first kappa shape index (κ1) is 15.1. The van der Waals surface area contributed by atoms with Gasteiger partial charge in [0.25, 0.3) is 0 Å². The Balaban J connectivity index is 2.03. The van der Waals surface area contributed by atoms with E-state index in [0.29, 0.717) is 28.4 Å². The van der Waals surface area contributed by atoms with Crippen LogP contribution in [0.15, 0.2) is 36.4 Å². The molecular weight excluding hydrogens is 296 g/mol. The number of ketones is 2. The number of carbonyl (C=O) groups is 2. The van der Waals surface area contributed by atoms with Crippen LogP contribution in [0.4, 0.5) is 0 Å². The summed E-state index contributed by atoms with van der Waals surface area (Å²) in [7, 11) is 3.04. The van der Waals surface area contributed by atoms with E-state index >= 15 is 0 Å². The number of rotatable bonds is 3. The molecule has 1 aliphatic rings. The largest absolute Gasteiger partial charge is 0.493 e. The zero-order valence-corrected chi connectivity index (χ0v) is 13.1. The summed E-state index contributed by atoms with van der Waals surface area (Å²) in [6.45, 7) is 1.86. The number of ether oxygens (including phenoxy) is 3. The van der Waals surface area contributed by atoms with Crippen LogP contribution in [0.2, 0.25) is 0 Å². The Hall–Kier alpha value is -2.82. The molecule has 5 nitrogen and oxygen atoms in total. The topological polar surface area (TPSA) is 61.8 Å². The van der Waals surface area contributed by atoms with Crippen LogP contribution >= 0.6 is 0 Å². The minimum Gasteiger partial charge on any atom is -0.493 e. The van der Waals surface area contributed by atoms with Crippen LogP contribution in [-0.2, 0) is 4.79 Å². The number of hydrogen-bond acceptors (Lipinski definition) is 5. The van der Waals surface area contributed by atoms with Gasteiger partial charge in [-0.1, -0.05) is 17.7 Å². The molecule has 1 atom stereocenters. The fraction of sp³-hybridized carbons (Fsp3) is 0.222. The average molecular weight is 312 g/mol. The highest BCUT2D eigenvalue weighted by Crippen LogP contribution is 2.36. The van der Waals surface area contributed by atoms with Crippen molar-refractivity contribution in [1.82, 2.24) is 0 Å². The van der Waals surface area contributed by atoms with E-state index in [-0.39, 0.29) is 0 Å². The van der Waals surface area contributed by atoms with E-state index in [1.807, 2.05) is 13.0 Å². The third kappa shape index (κ3) is 2.54. The smallest absolute Gasteiger partial charge is 0.248 e. The first-order valence-corrected chi connectivity index (χ1v) is 7.13. The molecular formula is C18H16O5. The fourth-order valence-corrected chi connectivity index (χ4v) is 2.59. The van der Waals surface area contributed by atoms with Crippen molar-refractivity contribution in [1.29, 1.82) is 0 Å². The van der Waals surface area contributed by atoms with Gasteiger partial charge in [0.05, 0.1) is 19.8 Å². The summed E-state index contributed by atoms with van der Waals surface area (Å²) < 4.78 is 16.2. The molecule has 3 rings (SSSR count). The van der Waals surface area contributed by atoms with Gasteiger partial charge in [0, 0.05) is 5.56 Å². The molecule has 2 aromatic rings. The molecule has 118 valence electrons. The molecule has 0 amide bonds. The summed E-state index contributed by atoms with van der Waals surface area (Å²) in [4.78, 5) is 24.8. The first-order chi connectivity index (χ1) is 11.0. The minimum absolute atomic E-state index is 0.312. The van der Waals surface area contributed by atoms with Gasteiger partial charge in [-0.25, -0.2) is 0 Å². The second kappa shape index (κ2) is 5.76. The summed E-state index contributed by atoms with van der Waals surface area (Å²) in [5.74, 6) is 0.315. The summed E-state index contributed by atoms with van der Waals surface area (Å²) in [6, 6.07) is 10.2. The first-order valence-electron chi connectivity index (χ1n) is 7.13. The van der Waals surface area contributed by atoms with Crippen LogP contribution < -0.4 is 14.2 Å². The number of Topliss-reactive ketones (excluding diaryl/α,β-unsaturated/α-hetero) is 2. The van der Waals surface area contributed by atoms with Gasteiger partial charge in [-0.15, -0.1) is 0 Å². The number of fused-ring (bicyclic) bond motifs is 1. The lowest BCUT2D eigenvalue weighted by Crippen LogP contribution is -2.31.